The fourth-order valence-electron chi connectivity index (χ4n) is 2.14. The van der Waals surface area contributed by atoms with E-state index in [1.165, 1.54) is 4.90 Å². The van der Waals surface area contributed by atoms with E-state index in [2.05, 4.69) is 0 Å². The predicted octanol–water partition coefficient (Wildman–Crippen LogP) is 3.08. The minimum absolute atomic E-state index is 0.266. The van der Waals surface area contributed by atoms with Crippen molar-refractivity contribution in [2.45, 2.75) is 13.5 Å². The van der Waals surface area contributed by atoms with E-state index in [-0.39, 0.29) is 17.3 Å². The number of hydrogen-bond donors (Lipinski definition) is 0. The van der Waals surface area contributed by atoms with Gasteiger partial charge in [-0.05, 0) is 24.1 Å². The fourth-order valence-corrected chi connectivity index (χ4v) is 2.14. The number of aryl methyl sites for hydroxylation is 1. The zero-order chi connectivity index (χ0) is 17.7. The van der Waals surface area contributed by atoms with Crippen LogP contribution in [0.3, 0.4) is 0 Å². The Morgan fingerprint density at radius 3 is 2.67 bits per heavy atom. The van der Waals surface area contributed by atoms with Gasteiger partial charge in [0.05, 0.1) is 4.92 Å². The van der Waals surface area contributed by atoms with E-state index in [9.17, 15) is 19.3 Å². The first-order chi connectivity index (χ1) is 11.4. The summed E-state index contributed by atoms with van der Waals surface area (Å²) >= 11 is 0. The average molecular weight is 332 g/mol. The molecule has 6 nitrogen and oxygen atoms in total. The monoisotopic (exact) mass is 332 g/mol. The van der Waals surface area contributed by atoms with Crippen LogP contribution >= 0.6 is 0 Å². The number of likely N-dealkylation sites (N-methyl/N-ethyl adjacent to an activating group) is 1. The zero-order valence-electron chi connectivity index (χ0n) is 13.4. The largest absolute Gasteiger partial charge is 0.477 e. The van der Waals surface area contributed by atoms with E-state index >= 15 is 0 Å². The number of ether oxygens (including phenoxy) is 1. The van der Waals surface area contributed by atoms with Crippen LogP contribution in [0.4, 0.5) is 10.1 Å². The van der Waals surface area contributed by atoms with Crippen LogP contribution in [0.2, 0.25) is 0 Å². The topological polar surface area (TPSA) is 72.7 Å². The lowest BCUT2D eigenvalue weighted by molar-refractivity contribution is -0.385. The molecule has 0 aliphatic rings. The quantitative estimate of drug-likeness (QED) is 0.602. The maximum absolute atomic E-state index is 13.2. The summed E-state index contributed by atoms with van der Waals surface area (Å²) in [6.07, 6.45) is 0. The van der Waals surface area contributed by atoms with Crippen molar-refractivity contribution in [1.29, 1.82) is 0 Å². The van der Waals surface area contributed by atoms with Crippen LogP contribution in [-0.2, 0) is 11.3 Å². The van der Waals surface area contributed by atoms with E-state index in [1.807, 2.05) is 31.2 Å². The number of benzene rings is 2. The third-order valence-electron chi connectivity index (χ3n) is 3.56. The Kier molecular flexibility index (Phi) is 5.47. The van der Waals surface area contributed by atoms with E-state index in [0.29, 0.717) is 6.54 Å². The highest BCUT2D eigenvalue weighted by Crippen LogP contribution is 2.27. The number of nitro groups is 1. The number of amides is 1. The summed E-state index contributed by atoms with van der Waals surface area (Å²) < 4.78 is 18.4. The van der Waals surface area contributed by atoms with Crippen molar-refractivity contribution in [3.63, 3.8) is 0 Å². The van der Waals surface area contributed by atoms with Crippen LogP contribution in [0.15, 0.2) is 42.5 Å². The molecular weight excluding hydrogens is 315 g/mol. The molecular formula is C17H17FN2O4. The molecule has 0 fully saturated rings. The second-order valence-electron chi connectivity index (χ2n) is 5.33. The molecule has 0 N–H and O–H groups in total. The van der Waals surface area contributed by atoms with Crippen LogP contribution in [0, 0.1) is 22.9 Å². The Morgan fingerprint density at radius 1 is 1.29 bits per heavy atom. The van der Waals surface area contributed by atoms with Gasteiger partial charge in [-0.25, -0.2) is 4.39 Å². The van der Waals surface area contributed by atoms with Crippen molar-refractivity contribution in [1.82, 2.24) is 4.90 Å². The highest BCUT2D eigenvalue weighted by molar-refractivity contribution is 5.77. The molecule has 0 spiro atoms. The minimum Gasteiger partial charge on any atom is -0.477 e. The molecule has 0 heterocycles. The summed E-state index contributed by atoms with van der Waals surface area (Å²) in [5, 5.41) is 10.9. The molecule has 0 saturated heterocycles. The van der Waals surface area contributed by atoms with Gasteiger partial charge in [-0.2, -0.15) is 0 Å². The molecule has 2 rings (SSSR count). The van der Waals surface area contributed by atoms with Gasteiger partial charge in [0.25, 0.3) is 5.91 Å². The second-order valence-corrected chi connectivity index (χ2v) is 5.33. The first-order valence-electron chi connectivity index (χ1n) is 7.23. The van der Waals surface area contributed by atoms with Crippen LogP contribution < -0.4 is 4.74 Å². The lowest BCUT2D eigenvalue weighted by Crippen LogP contribution is -2.31. The summed E-state index contributed by atoms with van der Waals surface area (Å²) in [6, 6.07) is 10.5. The molecule has 2 aromatic rings. The van der Waals surface area contributed by atoms with E-state index in [4.69, 9.17) is 4.74 Å². The number of carbonyl (C=O) groups is 1. The number of nitro benzene ring substituents is 1. The van der Waals surface area contributed by atoms with Crippen molar-refractivity contribution < 1.29 is 18.8 Å². The van der Waals surface area contributed by atoms with Crippen molar-refractivity contribution in [3.8, 4) is 5.75 Å². The molecule has 0 radical (unpaired) electrons. The molecule has 0 atom stereocenters. The van der Waals surface area contributed by atoms with Crippen molar-refractivity contribution in [2.24, 2.45) is 0 Å². The van der Waals surface area contributed by atoms with Gasteiger partial charge in [-0.15, -0.1) is 0 Å². The summed E-state index contributed by atoms with van der Waals surface area (Å²) in [6.45, 7) is 1.92. The van der Waals surface area contributed by atoms with Crippen LogP contribution in [-0.4, -0.2) is 29.4 Å². The van der Waals surface area contributed by atoms with Crippen LogP contribution in [0.5, 0.6) is 5.75 Å². The van der Waals surface area contributed by atoms with Gasteiger partial charge in [0.2, 0.25) is 5.75 Å². The molecule has 126 valence electrons. The van der Waals surface area contributed by atoms with Crippen LogP contribution in [0.25, 0.3) is 0 Å². The second kappa shape index (κ2) is 7.54. The fraction of sp³-hybridized carbons (Fsp3) is 0.235. The molecule has 0 aliphatic carbocycles. The maximum Gasteiger partial charge on any atom is 0.311 e. The van der Waals surface area contributed by atoms with Gasteiger partial charge in [0.1, 0.15) is 5.82 Å². The van der Waals surface area contributed by atoms with Gasteiger partial charge in [0, 0.05) is 25.7 Å². The van der Waals surface area contributed by atoms with Crippen LogP contribution in [0.1, 0.15) is 11.1 Å². The number of hydrogen-bond acceptors (Lipinski definition) is 4. The zero-order valence-corrected chi connectivity index (χ0v) is 13.4. The normalized spacial score (nSPS) is 10.3. The summed E-state index contributed by atoms with van der Waals surface area (Å²) in [5.41, 5.74) is 1.66. The van der Waals surface area contributed by atoms with Crippen molar-refractivity contribution in [2.75, 3.05) is 13.7 Å². The highest BCUT2D eigenvalue weighted by Gasteiger charge is 2.18. The average Bonchev–Trinajstić information content (AvgIpc) is 2.54. The maximum atomic E-state index is 13.2. The van der Waals surface area contributed by atoms with E-state index in [0.717, 1.165) is 29.3 Å². The standard InChI is InChI=1S/C17H17FN2O4/c1-12-5-3-4-6-13(12)10-19(2)17(21)11-24-16-9-14(18)7-8-15(16)20(22)23/h3-9H,10-11H2,1-2H3. The molecule has 1 amide bonds. The summed E-state index contributed by atoms with van der Waals surface area (Å²) in [7, 11) is 1.61. The predicted molar refractivity (Wildman–Crippen MR) is 86.2 cm³/mol. The van der Waals surface area contributed by atoms with E-state index < -0.39 is 17.3 Å². The molecule has 0 aliphatic heterocycles. The Morgan fingerprint density at radius 2 is 2.00 bits per heavy atom. The number of halogens is 1. The SMILES string of the molecule is Cc1ccccc1CN(C)C(=O)COc1cc(F)ccc1[N+](=O)[O-]. The molecule has 0 aromatic heterocycles. The number of rotatable bonds is 6. The molecule has 0 unspecified atom stereocenters. The molecule has 24 heavy (non-hydrogen) atoms. The lowest BCUT2D eigenvalue weighted by atomic mass is 10.1. The Bertz CT molecular complexity index is 764. The number of nitrogens with zero attached hydrogens (tertiary/aromatic N) is 2. The van der Waals surface area contributed by atoms with Crippen molar-refractivity contribution >= 4 is 11.6 Å². The Hall–Kier alpha value is -2.96. The molecule has 2 aromatic carbocycles. The third kappa shape index (κ3) is 4.28. The van der Waals surface area contributed by atoms with Gasteiger partial charge >= 0.3 is 5.69 Å². The molecule has 7 heteroatoms. The van der Waals surface area contributed by atoms with Gasteiger partial charge < -0.3 is 9.64 Å². The smallest absolute Gasteiger partial charge is 0.311 e. The molecule has 0 saturated carbocycles. The first-order valence-corrected chi connectivity index (χ1v) is 7.23. The van der Waals surface area contributed by atoms with Gasteiger partial charge in [0.15, 0.2) is 6.61 Å². The Balaban J connectivity index is 2.02. The third-order valence-corrected chi connectivity index (χ3v) is 3.56. The van der Waals surface area contributed by atoms with E-state index in [1.54, 1.807) is 7.05 Å². The molecule has 0 bridgehead atoms. The lowest BCUT2D eigenvalue weighted by Gasteiger charge is -2.18. The summed E-state index contributed by atoms with van der Waals surface area (Å²) in [4.78, 5) is 23.8. The number of carbonyl (C=O) groups excluding carboxylic acids is 1. The highest BCUT2D eigenvalue weighted by atomic mass is 19.1. The van der Waals surface area contributed by atoms with Gasteiger partial charge in [-0.3, -0.25) is 14.9 Å². The summed E-state index contributed by atoms with van der Waals surface area (Å²) in [5.74, 6) is -1.30. The first kappa shape index (κ1) is 17.4. The van der Waals surface area contributed by atoms with Crippen molar-refractivity contribution in [3.05, 3.63) is 69.5 Å². The van der Waals surface area contributed by atoms with Gasteiger partial charge in [-0.1, -0.05) is 24.3 Å². The Labute approximate surface area is 138 Å². The minimum atomic E-state index is -0.684.